The summed E-state index contributed by atoms with van der Waals surface area (Å²) >= 11 is 0. The fourth-order valence-corrected chi connectivity index (χ4v) is 1.87. The van der Waals surface area contributed by atoms with Crippen molar-refractivity contribution in [3.8, 4) is 0 Å². The maximum atomic E-state index is 11.4. The highest BCUT2D eigenvalue weighted by Crippen LogP contribution is 2.26. The van der Waals surface area contributed by atoms with E-state index in [-0.39, 0.29) is 12.6 Å². The van der Waals surface area contributed by atoms with E-state index in [4.69, 9.17) is 4.74 Å². The number of amides is 1. The summed E-state index contributed by atoms with van der Waals surface area (Å²) in [6.45, 7) is 0.176. The van der Waals surface area contributed by atoms with Crippen molar-refractivity contribution in [3.05, 3.63) is 35.9 Å². The number of nitrogens with one attached hydrogen (secondary N) is 1. The van der Waals surface area contributed by atoms with Gasteiger partial charge in [0, 0.05) is 17.9 Å². The van der Waals surface area contributed by atoms with Crippen molar-refractivity contribution in [2.75, 3.05) is 0 Å². The zero-order chi connectivity index (χ0) is 13.0. The highest BCUT2D eigenvalue weighted by atomic mass is 16.5. The van der Waals surface area contributed by atoms with Crippen molar-refractivity contribution < 1.29 is 19.4 Å². The number of hydrogen-bond donors (Lipinski definition) is 1. The smallest absolute Gasteiger partial charge is 0.407 e. The third kappa shape index (κ3) is 3.00. The maximum absolute atomic E-state index is 11.4. The van der Waals surface area contributed by atoms with E-state index in [2.05, 4.69) is 5.32 Å². The molecule has 1 saturated carbocycles. The number of carboxylic acids is 1. The van der Waals surface area contributed by atoms with Gasteiger partial charge in [-0.15, -0.1) is 0 Å². The summed E-state index contributed by atoms with van der Waals surface area (Å²) in [5, 5.41) is 13.2. The molecule has 0 unspecified atom stereocenters. The number of carbonyl (C=O) groups is 2. The largest absolute Gasteiger partial charge is 0.550 e. The summed E-state index contributed by atoms with van der Waals surface area (Å²) in [5.74, 6) is -1.70. The standard InChI is InChI=1S/C13H15NO4/c15-12(16)10-6-7-11(10)14-13(17)18-8-9-4-2-1-3-5-9/h1-5,10-11H,6-8H2,(H,14,17)(H,15,16)/p-1/t10-,11+/m1/s1. The first-order chi connectivity index (χ1) is 8.66. The Kier molecular flexibility index (Phi) is 3.82. The van der Waals surface area contributed by atoms with Gasteiger partial charge >= 0.3 is 6.09 Å². The van der Waals surface area contributed by atoms with Crippen LogP contribution in [0.15, 0.2) is 30.3 Å². The average Bonchev–Trinajstić information content (AvgIpc) is 2.32. The molecule has 1 aliphatic rings. The van der Waals surface area contributed by atoms with E-state index in [9.17, 15) is 14.7 Å². The number of carbonyl (C=O) groups excluding carboxylic acids is 2. The predicted octanol–water partition coefficient (Wildman–Crippen LogP) is 0.441. The molecule has 0 heterocycles. The number of hydrogen-bond acceptors (Lipinski definition) is 4. The van der Waals surface area contributed by atoms with Crippen LogP contribution >= 0.6 is 0 Å². The Balaban J connectivity index is 1.74. The Bertz CT molecular complexity index is 432. The van der Waals surface area contributed by atoms with Crippen molar-refractivity contribution >= 4 is 12.1 Å². The fourth-order valence-electron chi connectivity index (χ4n) is 1.87. The van der Waals surface area contributed by atoms with Crippen molar-refractivity contribution in [2.45, 2.75) is 25.5 Å². The first kappa shape index (κ1) is 12.4. The lowest BCUT2D eigenvalue weighted by Gasteiger charge is -2.37. The third-order valence-electron chi connectivity index (χ3n) is 3.09. The van der Waals surface area contributed by atoms with Crippen LogP contribution in [0.5, 0.6) is 0 Å². The second kappa shape index (κ2) is 5.53. The van der Waals surface area contributed by atoms with Crippen molar-refractivity contribution in [3.63, 3.8) is 0 Å². The van der Waals surface area contributed by atoms with Crippen molar-refractivity contribution in [2.24, 2.45) is 5.92 Å². The van der Waals surface area contributed by atoms with Gasteiger partial charge in [-0.05, 0) is 18.4 Å². The monoisotopic (exact) mass is 248 g/mol. The Hall–Kier alpha value is -2.04. The molecule has 0 radical (unpaired) electrons. The van der Waals surface area contributed by atoms with E-state index < -0.39 is 18.0 Å². The molecule has 5 nitrogen and oxygen atoms in total. The van der Waals surface area contributed by atoms with Gasteiger partial charge in [-0.1, -0.05) is 30.3 Å². The minimum atomic E-state index is -1.12. The quantitative estimate of drug-likeness (QED) is 0.838. The molecular formula is C13H14NO4-. The van der Waals surface area contributed by atoms with E-state index >= 15 is 0 Å². The van der Waals surface area contributed by atoms with Gasteiger partial charge in [0.2, 0.25) is 0 Å². The van der Waals surface area contributed by atoms with Crippen molar-refractivity contribution in [1.82, 2.24) is 5.32 Å². The fraction of sp³-hybridized carbons (Fsp3) is 0.385. The highest BCUT2D eigenvalue weighted by molar-refractivity contribution is 5.73. The maximum Gasteiger partial charge on any atom is 0.407 e. The second-order valence-corrected chi connectivity index (χ2v) is 4.32. The van der Waals surface area contributed by atoms with E-state index in [1.807, 2.05) is 30.3 Å². The molecule has 18 heavy (non-hydrogen) atoms. The van der Waals surface area contributed by atoms with Crippen LogP contribution in [0, 0.1) is 5.92 Å². The molecule has 1 fully saturated rings. The molecule has 2 rings (SSSR count). The van der Waals surface area contributed by atoms with E-state index in [0.717, 1.165) is 5.56 Å². The number of rotatable bonds is 4. The zero-order valence-electron chi connectivity index (χ0n) is 9.80. The van der Waals surface area contributed by atoms with E-state index in [1.165, 1.54) is 0 Å². The Morgan fingerprint density at radius 1 is 1.28 bits per heavy atom. The average molecular weight is 248 g/mol. The van der Waals surface area contributed by atoms with Gasteiger partial charge in [-0.25, -0.2) is 4.79 Å². The molecular weight excluding hydrogens is 234 g/mol. The third-order valence-corrected chi connectivity index (χ3v) is 3.09. The molecule has 5 heteroatoms. The molecule has 0 spiro atoms. The first-order valence-corrected chi connectivity index (χ1v) is 5.85. The lowest BCUT2D eigenvalue weighted by Crippen LogP contribution is -2.53. The Morgan fingerprint density at radius 3 is 2.56 bits per heavy atom. The van der Waals surface area contributed by atoms with Crippen LogP contribution in [0.2, 0.25) is 0 Å². The molecule has 1 aliphatic carbocycles. The number of carboxylic acid groups (broad SMARTS) is 1. The van der Waals surface area contributed by atoms with Crippen LogP contribution < -0.4 is 10.4 Å². The molecule has 96 valence electrons. The van der Waals surface area contributed by atoms with Gasteiger partial charge in [0.05, 0.1) is 0 Å². The number of alkyl carbamates (subject to hydrolysis) is 1. The topological polar surface area (TPSA) is 78.5 Å². The summed E-state index contributed by atoms with van der Waals surface area (Å²) in [6.07, 6.45) is 0.611. The number of ether oxygens (including phenoxy) is 1. The van der Waals surface area contributed by atoms with Crippen LogP contribution in [0.3, 0.4) is 0 Å². The van der Waals surface area contributed by atoms with Gasteiger partial charge in [-0.2, -0.15) is 0 Å². The Labute approximate surface area is 105 Å². The van der Waals surface area contributed by atoms with E-state index in [1.54, 1.807) is 0 Å². The Morgan fingerprint density at radius 2 is 2.00 bits per heavy atom. The molecule has 0 saturated heterocycles. The van der Waals surface area contributed by atoms with Crippen molar-refractivity contribution in [1.29, 1.82) is 0 Å². The molecule has 0 aromatic heterocycles. The number of aliphatic carboxylic acids is 1. The molecule has 1 N–H and O–H groups in total. The molecule has 2 atom stereocenters. The molecule has 0 aliphatic heterocycles. The minimum Gasteiger partial charge on any atom is -0.550 e. The molecule has 0 bridgehead atoms. The SMILES string of the molecule is O=C(N[C@H]1CC[C@H]1C(=O)[O-])OCc1ccccc1. The minimum absolute atomic E-state index is 0.176. The van der Waals surface area contributed by atoms with Crippen LogP contribution in [0.1, 0.15) is 18.4 Å². The number of benzene rings is 1. The summed E-state index contributed by atoms with van der Waals surface area (Å²) in [6, 6.07) is 8.92. The van der Waals surface area contributed by atoms with Crippen LogP contribution in [-0.2, 0) is 16.1 Å². The molecule has 1 amide bonds. The lowest BCUT2D eigenvalue weighted by atomic mass is 9.80. The highest BCUT2D eigenvalue weighted by Gasteiger charge is 2.33. The van der Waals surface area contributed by atoms with Gasteiger partial charge < -0.3 is 20.0 Å². The summed E-state index contributed by atoms with van der Waals surface area (Å²) in [7, 11) is 0. The normalized spacial score (nSPS) is 21.8. The molecule has 1 aromatic rings. The second-order valence-electron chi connectivity index (χ2n) is 4.32. The van der Waals surface area contributed by atoms with Crippen LogP contribution in [0.4, 0.5) is 4.79 Å². The summed E-state index contributed by atoms with van der Waals surface area (Å²) in [4.78, 5) is 22.1. The zero-order valence-corrected chi connectivity index (χ0v) is 9.80. The van der Waals surface area contributed by atoms with Gasteiger partial charge in [0.25, 0.3) is 0 Å². The summed E-state index contributed by atoms with van der Waals surface area (Å²) < 4.78 is 5.00. The van der Waals surface area contributed by atoms with Gasteiger partial charge in [-0.3, -0.25) is 0 Å². The molecule has 1 aromatic carbocycles. The van der Waals surface area contributed by atoms with E-state index in [0.29, 0.717) is 12.8 Å². The lowest BCUT2D eigenvalue weighted by molar-refractivity contribution is -0.315. The first-order valence-electron chi connectivity index (χ1n) is 5.85. The van der Waals surface area contributed by atoms with Crippen LogP contribution in [-0.4, -0.2) is 18.1 Å². The van der Waals surface area contributed by atoms with Crippen LogP contribution in [0.25, 0.3) is 0 Å². The van der Waals surface area contributed by atoms with Gasteiger partial charge in [0.1, 0.15) is 6.61 Å². The predicted molar refractivity (Wildman–Crippen MR) is 61.3 cm³/mol. The van der Waals surface area contributed by atoms with Gasteiger partial charge in [0.15, 0.2) is 0 Å². The summed E-state index contributed by atoms with van der Waals surface area (Å²) in [5.41, 5.74) is 0.887.